The second-order valence-electron chi connectivity index (χ2n) is 3.35. The van der Waals surface area contributed by atoms with Gasteiger partial charge in [0.2, 0.25) is 0 Å². The van der Waals surface area contributed by atoms with Crippen LogP contribution in [0.25, 0.3) is 0 Å². The maximum atomic E-state index is 10.3. The minimum absolute atomic E-state index is 0.123. The molecule has 0 atom stereocenters. The third-order valence-corrected chi connectivity index (χ3v) is 2.25. The fourth-order valence-corrected chi connectivity index (χ4v) is 1.39. The van der Waals surface area contributed by atoms with E-state index < -0.39 is 10.1 Å². The van der Waals surface area contributed by atoms with E-state index >= 15 is 0 Å². The number of quaternary nitrogens is 1. The number of nitrogens with two attached hydrogens (primary N) is 1. The second-order valence-corrected chi connectivity index (χ2v) is 4.92. The number of hydrogen-bond donors (Lipinski definition) is 2. The molecule has 0 bridgehead atoms. The summed E-state index contributed by atoms with van der Waals surface area (Å²) in [5.74, 6) is 0.498. The molecule has 0 aromatic heterocycles. The minimum atomic E-state index is -3.74. The van der Waals surface area contributed by atoms with Crippen LogP contribution >= 0.6 is 0 Å². The summed E-state index contributed by atoms with van der Waals surface area (Å²) in [6.07, 6.45) is 0.519. The summed E-state index contributed by atoms with van der Waals surface area (Å²) in [7, 11) is -3.74. The molecular weight excluding hydrogens is 178 g/mol. The van der Waals surface area contributed by atoms with Crippen molar-refractivity contribution in [2.75, 3.05) is 18.8 Å². The molecule has 0 radical (unpaired) electrons. The normalized spacial score (nSPS) is 12.3. The molecule has 0 spiro atoms. The quantitative estimate of drug-likeness (QED) is 0.444. The van der Waals surface area contributed by atoms with E-state index in [2.05, 4.69) is 19.2 Å². The third kappa shape index (κ3) is 9.87. The third-order valence-electron chi connectivity index (χ3n) is 1.45. The van der Waals surface area contributed by atoms with Crippen molar-refractivity contribution < 1.29 is 18.3 Å². The SMILES string of the molecule is CC(C)C[NH2+]CCCS(=O)(=O)O. The van der Waals surface area contributed by atoms with E-state index in [9.17, 15) is 8.42 Å². The van der Waals surface area contributed by atoms with E-state index in [0.717, 1.165) is 13.1 Å². The Bertz CT molecular complexity index is 199. The molecule has 4 nitrogen and oxygen atoms in total. The molecule has 0 aliphatic heterocycles. The molecule has 0 fully saturated rings. The van der Waals surface area contributed by atoms with Gasteiger partial charge in [-0.25, -0.2) is 0 Å². The average Bonchev–Trinajstić information content (AvgIpc) is 1.83. The molecule has 0 unspecified atom stereocenters. The van der Waals surface area contributed by atoms with Crippen LogP contribution in [0.3, 0.4) is 0 Å². The Balaban J connectivity index is 3.23. The van der Waals surface area contributed by atoms with Crippen molar-refractivity contribution in [3.05, 3.63) is 0 Å². The average molecular weight is 196 g/mol. The van der Waals surface area contributed by atoms with Crippen molar-refractivity contribution in [3.63, 3.8) is 0 Å². The Kier molecular flexibility index (Phi) is 5.44. The molecule has 0 saturated heterocycles. The highest BCUT2D eigenvalue weighted by molar-refractivity contribution is 7.85. The summed E-state index contributed by atoms with van der Waals surface area (Å²) in [5, 5.41) is 2.07. The van der Waals surface area contributed by atoms with Gasteiger partial charge < -0.3 is 5.32 Å². The number of hydrogen-bond acceptors (Lipinski definition) is 2. The van der Waals surface area contributed by atoms with Crippen LogP contribution in [-0.4, -0.2) is 31.8 Å². The molecule has 0 saturated carbocycles. The van der Waals surface area contributed by atoms with Crippen LogP contribution in [-0.2, 0) is 10.1 Å². The molecule has 0 heterocycles. The van der Waals surface area contributed by atoms with Crippen LogP contribution < -0.4 is 5.32 Å². The lowest BCUT2D eigenvalue weighted by atomic mass is 10.2. The monoisotopic (exact) mass is 196 g/mol. The maximum absolute atomic E-state index is 10.3. The van der Waals surface area contributed by atoms with Gasteiger partial charge in [-0.2, -0.15) is 8.42 Å². The first-order valence-corrected chi connectivity index (χ1v) is 5.79. The van der Waals surface area contributed by atoms with Crippen LogP contribution in [0.1, 0.15) is 20.3 Å². The van der Waals surface area contributed by atoms with Crippen LogP contribution in [0.4, 0.5) is 0 Å². The van der Waals surface area contributed by atoms with Gasteiger partial charge in [0.25, 0.3) is 10.1 Å². The number of rotatable bonds is 6. The van der Waals surface area contributed by atoms with E-state index in [-0.39, 0.29) is 5.75 Å². The molecule has 74 valence electrons. The zero-order valence-electron chi connectivity index (χ0n) is 7.66. The highest BCUT2D eigenvalue weighted by atomic mass is 32.2. The molecule has 12 heavy (non-hydrogen) atoms. The minimum Gasteiger partial charge on any atom is -0.346 e. The largest absolute Gasteiger partial charge is 0.346 e. The summed E-state index contributed by atoms with van der Waals surface area (Å²) in [4.78, 5) is 0. The van der Waals surface area contributed by atoms with Gasteiger partial charge in [-0.1, -0.05) is 13.8 Å². The molecule has 0 aromatic rings. The van der Waals surface area contributed by atoms with E-state index in [1.165, 1.54) is 0 Å². The van der Waals surface area contributed by atoms with Crippen molar-refractivity contribution in [2.24, 2.45) is 5.92 Å². The molecule has 0 aromatic carbocycles. The van der Waals surface area contributed by atoms with E-state index in [4.69, 9.17) is 4.55 Å². The Hall–Kier alpha value is -0.130. The summed E-state index contributed by atoms with van der Waals surface area (Å²) in [6, 6.07) is 0. The molecule has 0 aliphatic rings. The fraction of sp³-hybridized carbons (Fsp3) is 1.00. The first kappa shape index (κ1) is 11.9. The van der Waals surface area contributed by atoms with Gasteiger partial charge in [-0.05, 0) is 0 Å². The lowest BCUT2D eigenvalue weighted by molar-refractivity contribution is -0.659. The van der Waals surface area contributed by atoms with Crippen molar-refractivity contribution in [3.8, 4) is 0 Å². The first-order chi connectivity index (χ1) is 5.42. The van der Waals surface area contributed by atoms with Gasteiger partial charge >= 0.3 is 0 Å². The summed E-state index contributed by atoms with van der Waals surface area (Å²) >= 11 is 0. The molecule has 3 N–H and O–H groups in total. The molecule has 0 aliphatic carbocycles. The van der Waals surface area contributed by atoms with E-state index in [1.807, 2.05) is 0 Å². The van der Waals surface area contributed by atoms with Gasteiger partial charge in [-0.15, -0.1) is 0 Å². The predicted octanol–water partition coefficient (Wildman–Crippen LogP) is -0.516. The van der Waals surface area contributed by atoms with E-state index in [0.29, 0.717) is 12.3 Å². The predicted molar refractivity (Wildman–Crippen MR) is 47.5 cm³/mol. The summed E-state index contributed by atoms with van der Waals surface area (Å²) in [6.45, 7) is 5.99. The van der Waals surface area contributed by atoms with Gasteiger partial charge in [-0.3, -0.25) is 4.55 Å². The topological polar surface area (TPSA) is 71.0 Å². The summed E-state index contributed by atoms with van der Waals surface area (Å²) < 4.78 is 28.9. The van der Waals surface area contributed by atoms with E-state index in [1.54, 1.807) is 0 Å². The van der Waals surface area contributed by atoms with Crippen molar-refractivity contribution in [1.29, 1.82) is 0 Å². The van der Waals surface area contributed by atoms with Crippen LogP contribution in [0.5, 0.6) is 0 Å². The Morgan fingerprint density at radius 1 is 1.42 bits per heavy atom. The zero-order chi connectivity index (χ0) is 9.61. The van der Waals surface area contributed by atoms with Crippen molar-refractivity contribution >= 4 is 10.1 Å². The zero-order valence-corrected chi connectivity index (χ0v) is 8.47. The van der Waals surface area contributed by atoms with Crippen LogP contribution in [0.15, 0.2) is 0 Å². The maximum Gasteiger partial charge on any atom is 0.265 e. The van der Waals surface area contributed by atoms with Gasteiger partial charge in [0.15, 0.2) is 0 Å². The Morgan fingerprint density at radius 2 is 2.00 bits per heavy atom. The summed E-state index contributed by atoms with van der Waals surface area (Å²) in [5.41, 5.74) is 0. The highest BCUT2D eigenvalue weighted by Gasteiger charge is 2.04. The smallest absolute Gasteiger partial charge is 0.265 e. The highest BCUT2D eigenvalue weighted by Crippen LogP contribution is 1.85. The Labute approximate surface area is 74.1 Å². The lowest BCUT2D eigenvalue weighted by Crippen LogP contribution is -2.85. The molecule has 5 heteroatoms. The molecular formula is C7H18NO3S+. The van der Waals surface area contributed by atoms with Crippen LogP contribution in [0.2, 0.25) is 0 Å². The standard InChI is InChI=1S/C7H17NO3S/c1-7(2)6-8-4-3-5-12(9,10)11/h7-8H,3-6H2,1-2H3,(H,9,10,11)/p+1. The first-order valence-electron chi connectivity index (χ1n) is 4.18. The molecule has 0 amide bonds. The van der Waals surface area contributed by atoms with Gasteiger partial charge in [0.1, 0.15) is 0 Å². The van der Waals surface area contributed by atoms with Gasteiger partial charge in [0.05, 0.1) is 18.8 Å². The Morgan fingerprint density at radius 3 is 2.42 bits per heavy atom. The van der Waals surface area contributed by atoms with Gasteiger partial charge in [0, 0.05) is 12.3 Å². The van der Waals surface area contributed by atoms with Crippen molar-refractivity contribution in [1.82, 2.24) is 0 Å². The molecule has 0 rings (SSSR count). The van der Waals surface area contributed by atoms with Crippen molar-refractivity contribution in [2.45, 2.75) is 20.3 Å². The second kappa shape index (κ2) is 5.50. The lowest BCUT2D eigenvalue weighted by Gasteiger charge is -2.02. The van der Waals surface area contributed by atoms with Crippen LogP contribution in [0, 0.1) is 5.92 Å². The fourth-order valence-electron chi connectivity index (χ4n) is 0.861.